The minimum absolute atomic E-state index is 0.596. The van der Waals surface area contributed by atoms with Gasteiger partial charge in [0.05, 0.1) is 36.4 Å². The summed E-state index contributed by atoms with van der Waals surface area (Å²) in [7, 11) is 0. The Balaban J connectivity index is 1.82. The summed E-state index contributed by atoms with van der Waals surface area (Å²) in [6.45, 7) is 0.596. The topological polar surface area (TPSA) is 55.4 Å². The molecule has 0 bridgehead atoms. The Morgan fingerprint density at radius 2 is 2.05 bits per heavy atom. The maximum Gasteiger partial charge on any atom is 0.153 e. The molecule has 5 heteroatoms. The van der Waals surface area contributed by atoms with Crippen LogP contribution in [0.1, 0.15) is 5.76 Å². The minimum atomic E-state index is 0.596. The van der Waals surface area contributed by atoms with Crippen molar-refractivity contribution in [3.63, 3.8) is 0 Å². The fraction of sp³-hybridized carbons (Fsp3) is 0.0667. The van der Waals surface area contributed by atoms with Gasteiger partial charge in [-0.25, -0.2) is 9.97 Å². The van der Waals surface area contributed by atoms with Crippen molar-refractivity contribution in [2.45, 2.75) is 6.54 Å². The third-order valence-corrected chi connectivity index (χ3v) is 3.26. The Kier molecular flexibility index (Phi) is 2.42. The fourth-order valence-electron chi connectivity index (χ4n) is 2.32. The second-order valence-corrected chi connectivity index (χ2v) is 4.53. The number of nitrogens with one attached hydrogen (secondary N) is 1. The molecule has 5 nitrogen and oxygen atoms in total. The van der Waals surface area contributed by atoms with Crippen LogP contribution in [0.25, 0.3) is 16.6 Å². The number of aromatic nitrogens is 3. The highest BCUT2D eigenvalue weighted by molar-refractivity contribution is 5.83. The molecule has 0 aliphatic rings. The van der Waals surface area contributed by atoms with Crippen molar-refractivity contribution in [1.29, 1.82) is 0 Å². The lowest BCUT2D eigenvalue weighted by atomic mass is 10.3. The van der Waals surface area contributed by atoms with Crippen molar-refractivity contribution in [3.05, 3.63) is 60.9 Å². The fourth-order valence-corrected chi connectivity index (χ4v) is 2.32. The molecule has 4 rings (SSSR count). The Morgan fingerprint density at radius 1 is 1.10 bits per heavy atom. The van der Waals surface area contributed by atoms with Crippen LogP contribution in [0.4, 0.5) is 5.82 Å². The molecular weight excluding hydrogens is 252 g/mol. The van der Waals surface area contributed by atoms with E-state index in [0.717, 1.165) is 28.1 Å². The first-order chi connectivity index (χ1) is 9.92. The van der Waals surface area contributed by atoms with Gasteiger partial charge in [-0.3, -0.25) is 4.40 Å². The molecule has 0 saturated carbocycles. The third kappa shape index (κ3) is 1.72. The van der Waals surface area contributed by atoms with Gasteiger partial charge in [-0.05, 0) is 24.3 Å². The predicted molar refractivity (Wildman–Crippen MR) is 76.5 cm³/mol. The van der Waals surface area contributed by atoms with Crippen LogP contribution < -0.4 is 5.32 Å². The summed E-state index contributed by atoms with van der Waals surface area (Å²) < 4.78 is 7.36. The summed E-state index contributed by atoms with van der Waals surface area (Å²) in [4.78, 5) is 8.88. The van der Waals surface area contributed by atoms with Gasteiger partial charge in [-0.1, -0.05) is 12.1 Å². The van der Waals surface area contributed by atoms with E-state index in [2.05, 4.69) is 15.3 Å². The molecule has 0 saturated heterocycles. The van der Waals surface area contributed by atoms with E-state index in [1.165, 1.54) is 0 Å². The first-order valence-corrected chi connectivity index (χ1v) is 6.39. The molecule has 0 aliphatic heterocycles. The zero-order valence-electron chi connectivity index (χ0n) is 10.7. The molecular formula is C15H12N4O. The second kappa shape index (κ2) is 4.38. The van der Waals surface area contributed by atoms with Crippen molar-refractivity contribution in [3.8, 4) is 0 Å². The van der Waals surface area contributed by atoms with E-state index in [-0.39, 0.29) is 0 Å². The van der Waals surface area contributed by atoms with Gasteiger partial charge in [0.25, 0.3) is 0 Å². The number of hydrogen-bond donors (Lipinski definition) is 1. The lowest BCUT2D eigenvalue weighted by Crippen LogP contribution is -2.03. The number of benzene rings is 1. The number of furan rings is 1. The summed E-state index contributed by atoms with van der Waals surface area (Å²) in [6.07, 6.45) is 5.28. The van der Waals surface area contributed by atoms with Gasteiger partial charge in [0.15, 0.2) is 5.82 Å². The van der Waals surface area contributed by atoms with Crippen LogP contribution in [0.2, 0.25) is 0 Å². The Hall–Kier alpha value is -2.82. The molecule has 0 aliphatic carbocycles. The normalized spacial score (nSPS) is 11.2. The monoisotopic (exact) mass is 264 g/mol. The maximum absolute atomic E-state index is 5.32. The molecule has 0 radical (unpaired) electrons. The molecule has 1 aromatic carbocycles. The average Bonchev–Trinajstić information content (AvgIpc) is 3.16. The van der Waals surface area contributed by atoms with Gasteiger partial charge in [0, 0.05) is 0 Å². The largest absolute Gasteiger partial charge is 0.467 e. The number of rotatable bonds is 3. The summed E-state index contributed by atoms with van der Waals surface area (Å²) >= 11 is 0. The standard InChI is InChI=1S/C15H12N4O/c1-2-6-13-12(5-1)18-15(14-9-16-10-19(13)14)17-8-11-4-3-7-20-11/h1-7,9-10H,8H2,(H,17,18). The number of fused-ring (bicyclic) bond motifs is 3. The zero-order valence-corrected chi connectivity index (χ0v) is 10.7. The lowest BCUT2D eigenvalue weighted by Gasteiger charge is -2.08. The van der Waals surface area contributed by atoms with Crippen LogP contribution in [0, 0.1) is 0 Å². The maximum atomic E-state index is 5.32. The predicted octanol–water partition coefficient (Wildman–Crippen LogP) is 3.09. The van der Waals surface area contributed by atoms with Gasteiger partial charge >= 0.3 is 0 Å². The molecule has 0 spiro atoms. The highest BCUT2D eigenvalue weighted by atomic mass is 16.3. The summed E-state index contributed by atoms with van der Waals surface area (Å²) in [6, 6.07) is 11.8. The summed E-state index contributed by atoms with van der Waals surface area (Å²) in [5.74, 6) is 1.68. The first-order valence-electron chi connectivity index (χ1n) is 6.39. The molecule has 3 heterocycles. The van der Waals surface area contributed by atoms with E-state index in [9.17, 15) is 0 Å². The van der Waals surface area contributed by atoms with E-state index in [1.807, 2.05) is 47.0 Å². The van der Waals surface area contributed by atoms with Gasteiger partial charge < -0.3 is 9.73 Å². The van der Waals surface area contributed by atoms with Gasteiger partial charge in [-0.15, -0.1) is 0 Å². The molecule has 0 unspecified atom stereocenters. The van der Waals surface area contributed by atoms with Crippen LogP contribution in [-0.4, -0.2) is 14.4 Å². The molecule has 1 N–H and O–H groups in total. The molecule has 4 aromatic rings. The van der Waals surface area contributed by atoms with Crippen molar-refractivity contribution >= 4 is 22.4 Å². The summed E-state index contributed by atoms with van der Waals surface area (Å²) in [5, 5.41) is 3.30. The first kappa shape index (κ1) is 11.0. The van der Waals surface area contributed by atoms with E-state index in [0.29, 0.717) is 6.54 Å². The second-order valence-electron chi connectivity index (χ2n) is 4.53. The number of hydrogen-bond acceptors (Lipinski definition) is 4. The molecule has 0 amide bonds. The average molecular weight is 264 g/mol. The van der Waals surface area contributed by atoms with E-state index >= 15 is 0 Å². The Labute approximate surface area is 114 Å². The Morgan fingerprint density at radius 3 is 2.95 bits per heavy atom. The lowest BCUT2D eigenvalue weighted by molar-refractivity contribution is 0.518. The highest BCUT2D eigenvalue weighted by Crippen LogP contribution is 2.21. The van der Waals surface area contributed by atoms with E-state index in [4.69, 9.17) is 4.42 Å². The molecule has 20 heavy (non-hydrogen) atoms. The molecule has 0 fully saturated rings. The highest BCUT2D eigenvalue weighted by Gasteiger charge is 2.08. The van der Waals surface area contributed by atoms with E-state index < -0.39 is 0 Å². The number of imidazole rings is 1. The van der Waals surface area contributed by atoms with Crippen molar-refractivity contribution in [2.75, 3.05) is 5.32 Å². The summed E-state index contributed by atoms with van der Waals surface area (Å²) in [5.41, 5.74) is 2.93. The van der Waals surface area contributed by atoms with Crippen molar-refractivity contribution in [1.82, 2.24) is 14.4 Å². The number of para-hydroxylation sites is 2. The van der Waals surface area contributed by atoms with Crippen LogP contribution in [0.5, 0.6) is 0 Å². The third-order valence-electron chi connectivity index (χ3n) is 3.26. The SMILES string of the molecule is c1coc(CNc2nc3ccccc3n3cncc23)c1. The van der Waals surface area contributed by atoms with Gasteiger partial charge in [0.2, 0.25) is 0 Å². The smallest absolute Gasteiger partial charge is 0.153 e. The zero-order chi connectivity index (χ0) is 13.4. The van der Waals surface area contributed by atoms with E-state index in [1.54, 1.807) is 12.6 Å². The molecule has 0 atom stereocenters. The Bertz CT molecular complexity index is 864. The van der Waals surface area contributed by atoms with Crippen molar-refractivity contribution in [2.24, 2.45) is 0 Å². The van der Waals surface area contributed by atoms with Crippen molar-refractivity contribution < 1.29 is 4.42 Å². The van der Waals surface area contributed by atoms with Crippen LogP contribution in [0.15, 0.2) is 59.6 Å². The van der Waals surface area contributed by atoms with Crippen LogP contribution >= 0.6 is 0 Å². The molecule has 98 valence electrons. The quantitative estimate of drug-likeness (QED) is 0.617. The number of anilines is 1. The molecule has 3 aromatic heterocycles. The number of nitrogens with zero attached hydrogens (tertiary/aromatic N) is 3. The van der Waals surface area contributed by atoms with Gasteiger partial charge in [-0.2, -0.15) is 0 Å². The van der Waals surface area contributed by atoms with Crippen LogP contribution in [0.3, 0.4) is 0 Å². The van der Waals surface area contributed by atoms with Crippen LogP contribution in [-0.2, 0) is 6.54 Å². The minimum Gasteiger partial charge on any atom is -0.467 e. The van der Waals surface area contributed by atoms with Gasteiger partial charge in [0.1, 0.15) is 11.3 Å².